The highest BCUT2D eigenvalue weighted by atomic mass is 19.1. The van der Waals surface area contributed by atoms with Crippen LogP contribution in [0.15, 0.2) is 84.4 Å². The van der Waals surface area contributed by atoms with Crippen molar-refractivity contribution in [3.63, 3.8) is 0 Å². The first-order valence-corrected chi connectivity index (χ1v) is 8.34. The molecule has 0 heterocycles. The van der Waals surface area contributed by atoms with Gasteiger partial charge in [-0.1, -0.05) is 54.6 Å². The van der Waals surface area contributed by atoms with Crippen molar-refractivity contribution in [2.24, 2.45) is 0 Å². The van der Waals surface area contributed by atoms with Gasteiger partial charge in [0, 0.05) is 5.56 Å². The first kappa shape index (κ1) is 18.1. The van der Waals surface area contributed by atoms with Crippen LogP contribution in [0.25, 0.3) is 6.08 Å². The Labute approximate surface area is 157 Å². The Bertz CT molecular complexity index is 985. The quantitative estimate of drug-likeness (QED) is 0.346. The first-order valence-electron chi connectivity index (χ1n) is 8.34. The maximum Gasteiger partial charge on any atom is 0.203 e. The third-order valence-corrected chi connectivity index (χ3v) is 3.91. The van der Waals surface area contributed by atoms with Crippen molar-refractivity contribution in [2.75, 3.05) is 0 Å². The molecule has 132 valence electrons. The minimum absolute atomic E-state index is 0.0705. The van der Waals surface area contributed by atoms with Gasteiger partial charge in [-0.15, -0.1) is 0 Å². The van der Waals surface area contributed by atoms with Crippen LogP contribution in [0.5, 0.6) is 5.75 Å². The summed E-state index contributed by atoms with van der Waals surface area (Å²) in [6, 6.07) is 23.8. The Hall–Kier alpha value is -3.71. The average Bonchev–Trinajstić information content (AvgIpc) is 2.72. The van der Waals surface area contributed by atoms with Gasteiger partial charge in [-0.2, -0.15) is 5.26 Å². The molecule has 0 unspecified atom stereocenters. The molecule has 0 N–H and O–H groups in total. The number of hydrogen-bond donors (Lipinski definition) is 0. The first-order chi connectivity index (χ1) is 13.2. The van der Waals surface area contributed by atoms with E-state index in [4.69, 9.17) is 4.74 Å². The molecule has 0 fully saturated rings. The van der Waals surface area contributed by atoms with Gasteiger partial charge in [-0.05, 0) is 41.5 Å². The molecule has 4 heteroatoms. The number of ether oxygens (including phenoxy) is 1. The number of benzene rings is 3. The van der Waals surface area contributed by atoms with E-state index >= 15 is 0 Å². The van der Waals surface area contributed by atoms with Crippen LogP contribution in [0.1, 0.15) is 21.5 Å². The van der Waals surface area contributed by atoms with E-state index in [2.05, 4.69) is 0 Å². The van der Waals surface area contributed by atoms with Crippen LogP contribution in [-0.4, -0.2) is 5.78 Å². The number of Topliss-reactive ketones (excluding diaryl/α,β-unsaturated/α-hetero) is 1. The summed E-state index contributed by atoms with van der Waals surface area (Å²) in [6.07, 6.45) is 1.55. The molecule has 27 heavy (non-hydrogen) atoms. The van der Waals surface area contributed by atoms with Crippen molar-refractivity contribution in [1.82, 2.24) is 0 Å². The van der Waals surface area contributed by atoms with Crippen molar-refractivity contribution < 1.29 is 13.9 Å². The van der Waals surface area contributed by atoms with E-state index in [9.17, 15) is 14.4 Å². The summed E-state index contributed by atoms with van der Waals surface area (Å²) in [4.78, 5) is 12.4. The normalized spacial score (nSPS) is 10.9. The van der Waals surface area contributed by atoms with Gasteiger partial charge in [0.05, 0.1) is 0 Å². The number of hydrogen-bond acceptors (Lipinski definition) is 3. The molecule has 0 aromatic heterocycles. The SMILES string of the molecule is N#CC(=Cc1ccc(OCc2ccc(F)cc2)cc1)C(=O)c1ccccc1. The van der Waals surface area contributed by atoms with Crippen molar-refractivity contribution in [2.45, 2.75) is 6.61 Å². The van der Waals surface area contributed by atoms with E-state index in [0.29, 0.717) is 17.9 Å². The maximum absolute atomic E-state index is 12.9. The lowest BCUT2D eigenvalue weighted by atomic mass is 10.0. The van der Waals surface area contributed by atoms with E-state index in [1.54, 1.807) is 66.7 Å². The predicted octanol–water partition coefficient (Wildman–Crippen LogP) is 5.19. The third-order valence-electron chi connectivity index (χ3n) is 3.91. The zero-order chi connectivity index (χ0) is 19.1. The summed E-state index contributed by atoms with van der Waals surface area (Å²) in [6.45, 7) is 0.325. The number of allylic oxidation sites excluding steroid dienone is 1. The van der Waals surface area contributed by atoms with E-state index in [1.165, 1.54) is 12.1 Å². The molecular weight excluding hydrogens is 341 g/mol. The zero-order valence-corrected chi connectivity index (χ0v) is 14.4. The monoisotopic (exact) mass is 357 g/mol. The standard InChI is InChI=1S/C23H16FNO2/c24-21-10-6-18(7-11-21)16-27-22-12-8-17(9-13-22)14-20(15-25)23(26)19-4-2-1-3-5-19/h1-14H,16H2. The van der Waals surface area contributed by atoms with Crippen molar-refractivity contribution in [3.8, 4) is 11.8 Å². The second-order valence-electron chi connectivity index (χ2n) is 5.85. The molecule has 0 saturated heterocycles. The van der Waals surface area contributed by atoms with Crippen LogP contribution in [-0.2, 0) is 6.61 Å². The summed E-state index contributed by atoms with van der Waals surface area (Å²) in [5.41, 5.74) is 2.14. The number of nitrogens with zero attached hydrogens (tertiary/aromatic N) is 1. The Balaban J connectivity index is 1.68. The molecule has 0 amide bonds. The molecule has 0 bridgehead atoms. The van der Waals surface area contributed by atoms with Gasteiger partial charge < -0.3 is 4.74 Å². The zero-order valence-electron chi connectivity index (χ0n) is 14.4. The molecule has 3 nitrogen and oxygen atoms in total. The molecule has 3 aromatic rings. The molecule has 3 rings (SSSR count). The van der Waals surface area contributed by atoms with Crippen molar-refractivity contribution in [1.29, 1.82) is 5.26 Å². The number of carbonyl (C=O) groups excluding carboxylic acids is 1. The molecule has 0 spiro atoms. The number of nitriles is 1. The molecule has 0 radical (unpaired) electrons. The molecule has 3 aromatic carbocycles. The average molecular weight is 357 g/mol. The lowest BCUT2D eigenvalue weighted by Crippen LogP contribution is -2.01. The minimum atomic E-state index is -0.310. The van der Waals surface area contributed by atoms with Crippen LogP contribution < -0.4 is 4.74 Å². The number of ketones is 1. The second kappa shape index (κ2) is 8.59. The third kappa shape index (κ3) is 4.90. The van der Waals surface area contributed by atoms with E-state index in [0.717, 1.165) is 11.1 Å². The largest absolute Gasteiger partial charge is 0.489 e. The molecular formula is C23H16FNO2. The molecule has 0 aliphatic rings. The second-order valence-corrected chi connectivity index (χ2v) is 5.85. The fraction of sp³-hybridized carbons (Fsp3) is 0.0435. The Kier molecular flexibility index (Phi) is 5.76. The Morgan fingerprint density at radius 1 is 0.963 bits per heavy atom. The van der Waals surface area contributed by atoms with E-state index in [1.807, 2.05) is 12.1 Å². The van der Waals surface area contributed by atoms with Crippen LogP contribution in [0.3, 0.4) is 0 Å². The van der Waals surface area contributed by atoms with E-state index in [-0.39, 0.29) is 17.2 Å². The van der Waals surface area contributed by atoms with Gasteiger partial charge in [-0.25, -0.2) is 4.39 Å². The summed E-state index contributed by atoms with van der Waals surface area (Å²) >= 11 is 0. The number of halogens is 1. The van der Waals surface area contributed by atoms with Crippen molar-refractivity contribution in [3.05, 3.63) is 107 Å². The highest BCUT2D eigenvalue weighted by Gasteiger charge is 2.11. The smallest absolute Gasteiger partial charge is 0.203 e. The lowest BCUT2D eigenvalue weighted by molar-refractivity contribution is 0.104. The topological polar surface area (TPSA) is 50.1 Å². The van der Waals surface area contributed by atoms with Gasteiger partial charge in [0.2, 0.25) is 5.78 Å². The number of carbonyl (C=O) groups is 1. The molecule has 0 aliphatic heterocycles. The molecule has 0 aliphatic carbocycles. The maximum atomic E-state index is 12.9. The predicted molar refractivity (Wildman–Crippen MR) is 102 cm³/mol. The number of rotatable bonds is 6. The van der Waals surface area contributed by atoms with Crippen LogP contribution >= 0.6 is 0 Å². The summed E-state index contributed by atoms with van der Waals surface area (Å²) in [7, 11) is 0. The van der Waals surface area contributed by atoms with Gasteiger partial charge in [0.25, 0.3) is 0 Å². The lowest BCUT2D eigenvalue weighted by Gasteiger charge is -2.07. The Morgan fingerprint density at radius 3 is 2.26 bits per heavy atom. The van der Waals surface area contributed by atoms with Gasteiger partial charge in [0.1, 0.15) is 29.8 Å². The van der Waals surface area contributed by atoms with Gasteiger partial charge >= 0.3 is 0 Å². The minimum Gasteiger partial charge on any atom is -0.489 e. The summed E-state index contributed by atoms with van der Waals surface area (Å²) in [5, 5.41) is 9.31. The van der Waals surface area contributed by atoms with Gasteiger partial charge in [-0.3, -0.25) is 4.79 Å². The highest BCUT2D eigenvalue weighted by molar-refractivity contribution is 6.14. The van der Waals surface area contributed by atoms with Crippen molar-refractivity contribution >= 4 is 11.9 Å². The van der Waals surface area contributed by atoms with Gasteiger partial charge in [0.15, 0.2) is 0 Å². The summed E-state index contributed by atoms with van der Waals surface area (Å²) in [5.74, 6) is 0.0485. The fourth-order valence-corrected chi connectivity index (χ4v) is 2.47. The summed E-state index contributed by atoms with van der Waals surface area (Å²) < 4.78 is 18.6. The van der Waals surface area contributed by atoms with E-state index < -0.39 is 0 Å². The molecule has 0 atom stereocenters. The van der Waals surface area contributed by atoms with Crippen LogP contribution in [0.4, 0.5) is 4.39 Å². The Morgan fingerprint density at radius 2 is 1.63 bits per heavy atom. The molecule has 0 saturated carbocycles. The fourth-order valence-electron chi connectivity index (χ4n) is 2.47. The highest BCUT2D eigenvalue weighted by Crippen LogP contribution is 2.18. The van der Waals surface area contributed by atoms with Crippen LogP contribution in [0, 0.1) is 17.1 Å². The van der Waals surface area contributed by atoms with Crippen LogP contribution in [0.2, 0.25) is 0 Å².